The fraction of sp³-hybridized carbons (Fsp3) is 1.00. The minimum Gasteiger partial charge on any atom is -0.271 e. The first-order chi connectivity index (χ1) is 3.83. The van der Waals surface area contributed by atoms with Gasteiger partial charge >= 0.3 is 0 Å². The molecule has 1 aliphatic carbocycles. The van der Waals surface area contributed by atoms with E-state index in [1.165, 1.54) is 19.3 Å². The number of rotatable bonds is 1. The first kappa shape index (κ1) is 6.05. The van der Waals surface area contributed by atoms with Gasteiger partial charge in [0.1, 0.15) is 0 Å². The van der Waals surface area contributed by atoms with Gasteiger partial charge in [0.05, 0.1) is 0 Å². The largest absolute Gasteiger partial charge is 0.271 e. The zero-order valence-electron chi connectivity index (χ0n) is 5.35. The van der Waals surface area contributed by atoms with Crippen LogP contribution in [0.1, 0.15) is 26.2 Å². The minimum absolute atomic E-state index is 0.602. The van der Waals surface area contributed by atoms with Gasteiger partial charge < -0.3 is 0 Å². The Morgan fingerprint density at radius 3 is 2.50 bits per heavy atom. The third-order valence-corrected chi connectivity index (χ3v) is 1.93. The lowest BCUT2D eigenvalue weighted by Crippen LogP contribution is -2.32. The Hall–Kier alpha value is -0.0800. The van der Waals surface area contributed by atoms with Crippen LogP contribution in [-0.2, 0) is 0 Å². The van der Waals surface area contributed by atoms with Crippen molar-refractivity contribution in [2.45, 2.75) is 32.2 Å². The molecule has 0 bridgehead atoms. The molecule has 2 unspecified atom stereocenters. The summed E-state index contributed by atoms with van der Waals surface area (Å²) in [5.41, 5.74) is 2.79. The molecule has 8 heavy (non-hydrogen) atoms. The van der Waals surface area contributed by atoms with Crippen LogP contribution in [0.5, 0.6) is 0 Å². The maximum absolute atomic E-state index is 5.25. The van der Waals surface area contributed by atoms with Gasteiger partial charge in [0.2, 0.25) is 0 Å². The van der Waals surface area contributed by atoms with E-state index in [4.69, 9.17) is 5.84 Å². The van der Waals surface area contributed by atoms with E-state index < -0.39 is 0 Å². The fourth-order valence-corrected chi connectivity index (χ4v) is 1.36. The van der Waals surface area contributed by atoms with Crippen molar-refractivity contribution in [3.05, 3.63) is 0 Å². The summed E-state index contributed by atoms with van der Waals surface area (Å²) in [6.45, 7) is 2.28. The second kappa shape index (κ2) is 2.46. The molecule has 0 radical (unpaired) electrons. The molecule has 0 heterocycles. The Kier molecular flexibility index (Phi) is 1.86. The first-order valence-electron chi connectivity index (χ1n) is 3.29. The van der Waals surface area contributed by atoms with E-state index in [0.717, 1.165) is 5.92 Å². The highest BCUT2D eigenvalue weighted by Crippen LogP contribution is 2.23. The summed E-state index contributed by atoms with van der Waals surface area (Å²) in [7, 11) is 0. The van der Waals surface area contributed by atoms with Gasteiger partial charge in [-0.25, -0.2) is 0 Å². The van der Waals surface area contributed by atoms with Gasteiger partial charge in [-0.3, -0.25) is 11.3 Å². The Morgan fingerprint density at radius 2 is 2.25 bits per heavy atom. The van der Waals surface area contributed by atoms with E-state index in [1.807, 2.05) is 0 Å². The molecule has 1 fully saturated rings. The summed E-state index contributed by atoms with van der Waals surface area (Å²) in [4.78, 5) is 0. The minimum atomic E-state index is 0.602. The summed E-state index contributed by atoms with van der Waals surface area (Å²) in [5, 5.41) is 0. The zero-order valence-corrected chi connectivity index (χ0v) is 5.35. The summed E-state index contributed by atoms with van der Waals surface area (Å²) >= 11 is 0. The highest BCUT2D eigenvalue weighted by Gasteiger charge is 2.18. The highest BCUT2D eigenvalue weighted by atomic mass is 15.2. The second-order valence-corrected chi connectivity index (χ2v) is 2.78. The molecule has 0 spiro atoms. The van der Waals surface area contributed by atoms with Crippen molar-refractivity contribution >= 4 is 0 Å². The number of hydrazine groups is 1. The van der Waals surface area contributed by atoms with Crippen LogP contribution < -0.4 is 11.3 Å². The van der Waals surface area contributed by atoms with Crippen molar-refractivity contribution in [3.63, 3.8) is 0 Å². The monoisotopic (exact) mass is 114 g/mol. The van der Waals surface area contributed by atoms with Gasteiger partial charge in [0, 0.05) is 6.04 Å². The molecule has 0 aromatic rings. The third kappa shape index (κ3) is 1.20. The summed E-state index contributed by atoms with van der Waals surface area (Å²) in [6, 6.07) is 0.602. The van der Waals surface area contributed by atoms with E-state index in [0.29, 0.717) is 6.04 Å². The predicted octanol–water partition coefficient (Wildman–Crippen LogP) is 0.638. The van der Waals surface area contributed by atoms with Crippen LogP contribution in [0.2, 0.25) is 0 Å². The summed E-state index contributed by atoms with van der Waals surface area (Å²) in [6.07, 6.45) is 3.86. The lowest BCUT2D eigenvalue weighted by Gasteiger charge is -2.04. The van der Waals surface area contributed by atoms with E-state index in [-0.39, 0.29) is 0 Å². The molecule has 2 nitrogen and oxygen atoms in total. The fourth-order valence-electron chi connectivity index (χ4n) is 1.36. The van der Waals surface area contributed by atoms with Crippen molar-refractivity contribution in [3.8, 4) is 0 Å². The van der Waals surface area contributed by atoms with Gasteiger partial charge in [-0.1, -0.05) is 6.92 Å². The molecule has 0 aromatic carbocycles. The molecule has 1 aliphatic rings. The number of hydrogen-bond donors (Lipinski definition) is 2. The molecule has 0 aliphatic heterocycles. The summed E-state index contributed by atoms with van der Waals surface area (Å²) < 4.78 is 0. The van der Waals surface area contributed by atoms with Crippen LogP contribution in [0, 0.1) is 5.92 Å². The molecular formula is C6H14N2. The normalized spacial score (nSPS) is 38.2. The lowest BCUT2D eigenvalue weighted by atomic mass is 10.1. The molecule has 2 heteroatoms. The maximum Gasteiger partial charge on any atom is 0.0213 e. The molecule has 0 amide bonds. The molecule has 2 atom stereocenters. The van der Waals surface area contributed by atoms with E-state index in [9.17, 15) is 0 Å². The molecular weight excluding hydrogens is 100 g/mol. The van der Waals surface area contributed by atoms with Crippen molar-refractivity contribution in [1.82, 2.24) is 5.43 Å². The van der Waals surface area contributed by atoms with Gasteiger partial charge in [0.25, 0.3) is 0 Å². The van der Waals surface area contributed by atoms with E-state index in [1.54, 1.807) is 0 Å². The van der Waals surface area contributed by atoms with Gasteiger partial charge in [-0.2, -0.15) is 0 Å². The Bertz CT molecular complexity index is 72.9. The average Bonchev–Trinajstić information content (AvgIpc) is 2.14. The Balaban J connectivity index is 2.22. The number of nitrogens with one attached hydrogen (secondary N) is 1. The number of hydrogen-bond acceptors (Lipinski definition) is 2. The molecule has 48 valence electrons. The SMILES string of the molecule is CC1CCC(NN)C1. The quantitative estimate of drug-likeness (QED) is 0.388. The smallest absolute Gasteiger partial charge is 0.0213 e. The van der Waals surface area contributed by atoms with Gasteiger partial charge in [-0.05, 0) is 25.2 Å². The Labute approximate surface area is 50.4 Å². The standard InChI is InChI=1S/C6H14N2/c1-5-2-3-6(4-5)8-7/h5-6,8H,2-4,7H2,1H3. The molecule has 1 rings (SSSR count). The van der Waals surface area contributed by atoms with Gasteiger partial charge in [-0.15, -0.1) is 0 Å². The van der Waals surface area contributed by atoms with Gasteiger partial charge in [0.15, 0.2) is 0 Å². The first-order valence-corrected chi connectivity index (χ1v) is 3.29. The maximum atomic E-state index is 5.25. The average molecular weight is 114 g/mol. The van der Waals surface area contributed by atoms with Crippen molar-refractivity contribution < 1.29 is 0 Å². The lowest BCUT2D eigenvalue weighted by molar-refractivity contribution is 0.517. The van der Waals surface area contributed by atoms with Crippen molar-refractivity contribution in [2.24, 2.45) is 11.8 Å². The van der Waals surface area contributed by atoms with Crippen LogP contribution in [0.15, 0.2) is 0 Å². The Morgan fingerprint density at radius 1 is 1.50 bits per heavy atom. The van der Waals surface area contributed by atoms with Crippen LogP contribution in [0.3, 0.4) is 0 Å². The molecule has 1 saturated carbocycles. The third-order valence-electron chi connectivity index (χ3n) is 1.93. The second-order valence-electron chi connectivity index (χ2n) is 2.78. The molecule has 3 N–H and O–H groups in total. The topological polar surface area (TPSA) is 38.0 Å². The van der Waals surface area contributed by atoms with Crippen LogP contribution in [-0.4, -0.2) is 6.04 Å². The summed E-state index contributed by atoms with van der Waals surface area (Å²) in [5.74, 6) is 6.13. The predicted molar refractivity (Wildman–Crippen MR) is 34.1 cm³/mol. The van der Waals surface area contributed by atoms with E-state index in [2.05, 4.69) is 12.3 Å². The van der Waals surface area contributed by atoms with Crippen LogP contribution in [0.4, 0.5) is 0 Å². The van der Waals surface area contributed by atoms with E-state index >= 15 is 0 Å². The van der Waals surface area contributed by atoms with Crippen LogP contribution >= 0.6 is 0 Å². The van der Waals surface area contributed by atoms with Crippen molar-refractivity contribution in [1.29, 1.82) is 0 Å². The van der Waals surface area contributed by atoms with Crippen LogP contribution in [0.25, 0.3) is 0 Å². The number of nitrogens with two attached hydrogens (primary N) is 1. The zero-order chi connectivity index (χ0) is 5.98. The molecule has 0 saturated heterocycles. The molecule has 0 aromatic heterocycles. The highest BCUT2D eigenvalue weighted by molar-refractivity contribution is 4.75. The van der Waals surface area contributed by atoms with Crippen molar-refractivity contribution in [2.75, 3.05) is 0 Å².